The van der Waals surface area contributed by atoms with Crippen molar-refractivity contribution in [3.63, 3.8) is 0 Å². The van der Waals surface area contributed by atoms with Gasteiger partial charge in [0.15, 0.2) is 5.41 Å². The third kappa shape index (κ3) is 3.66. The lowest BCUT2D eigenvalue weighted by atomic mass is 9.69. The van der Waals surface area contributed by atoms with Gasteiger partial charge in [0.25, 0.3) is 5.56 Å². The van der Waals surface area contributed by atoms with Gasteiger partial charge < -0.3 is 24.7 Å². The van der Waals surface area contributed by atoms with Crippen LogP contribution in [0.3, 0.4) is 0 Å². The normalized spacial score (nSPS) is 23.1. The first kappa shape index (κ1) is 23.8. The molecule has 6 rings (SSSR count). The van der Waals surface area contributed by atoms with Crippen molar-refractivity contribution in [1.29, 1.82) is 5.26 Å². The number of carbonyl (C=O) groups excluding carboxylic acids is 1. The predicted octanol–water partition coefficient (Wildman–Crippen LogP) is 2.01. The van der Waals surface area contributed by atoms with Gasteiger partial charge in [0, 0.05) is 55.7 Å². The fourth-order valence-corrected chi connectivity index (χ4v) is 6.02. The van der Waals surface area contributed by atoms with E-state index in [1.807, 2.05) is 31.2 Å². The molecule has 9 heteroatoms. The van der Waals surface area contributed by atoms with Crippen LogP contribution in [0.15, 0.2) is 46.6 Å². The maximum atomic E-state index is 14.4. The molecule has 2 fully saturated rings. The van der Waals surface area contributed by atoms with E-state index in [2.05, 4.69) is 11.0 Å². The largest absolute Gasteiger partial charge is 0.440 e. The first-order chi connectivity index (χ1) is 18.0. The number of nitrogens with zero attached hydrogens (tertiary/aromatic N) is 4. The molecule has 1 saturated carbocycles. The Kier molecular flexibility index (Phi) is 5.81. The number of pyridine rings is 1. The lowest BCUT2D eigenvalue weighted by Gasteiger charge is -2.34. The molecule has 0 radical (unpaired) electrons. The minimum atomic E-state index is -1.62. The average molecular weight is 502 g/mol. The van der Waals surface area contributed by atoms with E-state index < -0.39 is 5.41 Å². The summed E-state index contributed by atoms with van der Waals surface area (Å²) in [5, 5.41) is 10.3. The average Bonchev–Trinajstić information content (AvgIpc) is 3.69. The molecule has 9 nitrogen and oxygen atoms in total. The number of ether oxygens (including phenoxy) is 2. The van der Waals surface area contributed by atoms with Gasteiger partial charge in [-0.1, -0.05) is 18.2 Å². The number of fused-ring (bicyclic) bond motifs is 4. The van der Waals surface area contributed by atoms with Gasteiger partial charge in [0.2, 0.25) is 11.8 Å². The molecular formula is C28H31N5O4. The Morgan fingerprint density at radius 3 is 2.65 bits per heavy atom. The van der Waals surface area contributed by atoms with Crippen molar-refractivity contribution in [2.24, 2.45) is 11.7 Å². The second-order valence-electron chi connectivity index (χ2n) is 10.4. The van der Waals surface area contributed by atoms with Crippen LogP contribution in [-0.4, -0.2) is 54.8 Å². The zero-order valence-electron chi connectivity index (χ0n) is 21.0. The van der Waals surface area contributed by atoms with Crippen molar-refractivity contribution >= 4 is 11.6 Å². The summed E-state index contributed by atoms with van der Waals surface area (Å²) >= 11 is 0. The molecule has 1 unspecified atom stereocenters. The van der Waals surface area contributed by atoms with Crippen LogP contribution in [0.4, 0.5) is 5.69 Å². The highest BCUT2D eigenvalue weighted by atomic mass is 16.5. The standard InChI is InChI=1S/C28H31N5O4/c1-18-15-23-24(26(34)32(18)10-4-9-31-11-13-36-14-12-31)28(21(16-29)25(30)37-23)20-5-2-3-6-22(20)33(27(28)35)17-19-7-8-19/h2-3,5-6,15,19H,4,7-14,17,30H2,1H3. The highest BCUT2D eigenvalue weighted by Gasteiger charge is 2.61. The lowest BCUT2D eigenvalue weighted by molar-refractivity contribution is -0.121. The first-order valence-corrected chi connectivity index (χ1v) is 13.0. The monoisotopic (exact) mass is 501 g/mol. The summed E-state index contributed by atoms with van der Waals surface area (Å²) in [5.41, 5.74) is 6.59. The van der Waals surface area contributed by atoms with Gasteiger partial charge in [-0.15, -0.1) is 0 Å². The molecule has 1 aromatic heterocycles. The molecule has 2 N–H and O–H groups in total. The lowest BCUT2D eigenvalue weighted by Crippen LogP contribution is -2.50. The Morgan fingerprint density at radius 2 is 1.92 bits per heavy atom. The molecule has 1 atom stereocenters. The summed E-state index contributed by atoms with van der Waals surface area (Å²) < 4.78 is 13.0. The number of hydrogen-bond donors (Lipinski definition) is 1. The van der Waals surface area contributed by atoms with E-state index in [1.165, 1.54) is 0 Å². The van der Waals surface area contributed by atoms with Gasteiger partial charge >= 0.3 is 0 Å². The summed E-state index contributed by atoms with van der Waals surface area (Å²) in [6, 6.07) is 11.4. The van der Waals surface area contributed by atoms with Crippen LogP contribution in [0, 0.1) is 24.2 Å². The Bertz CT molecular complexity index is 1400. The van der Waals surface area contributed by atoms with E-state index in [1.54, 1.807) is 15.5 Å². The fourth-order valence-electron chi connectivity index (χ4n) is 6.02. The summed E-state index contributed by atoms with van der Waals surface area (Å²) in [5.74, 6) is 0.244. The van der Waals surface area contributed by atoms with Crippen LogP contribution < -0.4 is 20.9 Å². The molecular weight excluding hydrogens is 470 g/mol. The van der Waals surface area contributed by atoms with E-state index in [0.717, 1.165) is 63.5 Å². The molecule has 0 bridgehead atoms. The second kappa shape index (κ2) is 9.05. The molecule has 37 heavy (non-hydrogen) atoms. The molecule has 2 aromatic rings. The van der Waals surface area contributed by atoms with Crippen molar-refractivity contribution in [2.45, 2.75) is 38.1 Å². The first-order valence-electron chi connectivity index (χ1n) is 13.0. The molecule has 1 saturated heterocycles. The zero-order chi connectivity index (χ0) is 25.7. The van der Waals surface area contributed by atoms with E-state index in [0.29, 0.717) is 24.6 Å². The fraction of sp³-hybridized carbons (Fsp3) is 0.464. The summed E-state index contributed by atoms with van der Waals surface area (Å²) in [7, 11) is 0. The van der Waals surface area contributed by atoms with Crippen molar-refractivity contribution in [3.8, 4) is 11.8 Å². The smallest absolute Gasteiger partial charge is 0.259 e. The third-order valence-electron chi connectivity index (χ3n) is 8.06. The number of para-hydroxylation sites is 1. The summed E-state index contributed by atoms with van der Waals surface area (Å²) in [6.07, 6.45) is 2.91. The Hall–Kier alpha value is -3.61. The Balaban J connectivity index is 1.48. The number of carbonyl (C=O) groups is 1. The maximum absolute atomic E-state index is 14.4. The van der Waals surface area contributed by atoms with Crippen LogP contribution in [-0.2, 0) is 21.5 Å². The number of aryl methyl sites for hydroxylation is 1. The molecule has 4 heterocycles. The number of morpholine rings is 1. The quantitative estimate of drug-likeness (QED) is 0.644. The van der Waals surface area contributed by atoms with E-state index >= 15 is 0 Å². The highest BCUT2D eigenvalue weighted by molar-refractivity contribution is 6.14. The van der Waals surface area contributed by atoms with Crippen molar-refractivity contribution in [2.75, 3.05) is 44.3 Å². The number of rotatable bonds is 6. The van der Waals surface area contributed by atoms with Crippen molar-refractivity contribution in [3.05, 3.63) is 69.0 Å². The Labute approximate surface area is 215 Å². The number of nitrogens with two attached hydrogens (primary N) is 1. The zero-order valence-corrected chi connectivity index (χ0v) is 21.0. The van der Waals surface area contributed by atoms with Crippen LogP contribution in [0.2, 0.25) is 0 Å². The highest BCUT2D eigenvalue weighted by Crippen LogP contribution is 2.54. The minimum absolute atomic E-state index is 0.0171. The molecule has 4 aliphatic rings. The summed E-state index contributed by atoms with van der Waals surface area (Å²) in [6.45, 7) is 6.97. The summed E-state index contributed by atoms with van der Waals surface area (Å²) in [4.78, 5) is 32.7. The Morgan fingerprint density at radius 1 is 1.16 bits per heavy atom. The van der Waals surface area contributed by atoms with E-state index in [9.17, 15) is 14.9 Å². The molecule has 1 aliphatic carbocycles. The maximum Gasteiger partial charge on any atom is 0.259 e. The van der Waals surface area contributed by atoms with Crippen molar-refractivity contribution < 1.29 is 14.3 Å². The van der Waals surface area contributed by atoms with Crippen LogP contribution in [0.25, 0.3) is 0 Å². The second-order valence-corrected chi connectivity index (χ2v) is 10.4. The number of hydrogen-bond acceptors (Lipinski definition) is 7. The van der Waals surface area contributed by atoms with Crippen LogP contribution in [0.1, 0.15) is 36.1 Å². The van der Waals surface area contributed by atoms with Crippen LogP contribution in [0.5, 0.6) is 5.75 Å². The molecule has 192 valence electrons. The molecule has 1 spiro atoms. The third-order valence-corrected chi connectivity index (χ3v) is 8.06. The van der Waals surface area contributed by atoms with Crippen molar-refractivity contribution in [1.82, 2.24) is 9.47 Å². The van der Waals surface area contributed by atoms with Gasteiger partial charge in [0.05, 0.1) is 18.8 Å². The van der Waals surface area contributed by atoms with Gasteiger partial charge in [-0.2, -0.15) is 5.26 Å². The molecule has 3 aliphatic heterocycles. The number of amides is 1. The number of aromatic nitrogens is 1. The van der Waals surface area contributed by atoms with Gasteiger partial charge in [-0.3, -0.25) is 14.5 Å². The number of nitriles is 1. The van der Waals surface area contributed by atoms with E-state index in [-0.39, 0.29) is 34.2 Å². The topological polar surface area (TPSA) is 114 Å². The van der Waals surface area contributed by atoms with Gasteiger partial charge in [0.1, 0.15) is 17.4 Å². The predicted molar refractivity (Wildman–Crippen MR) is 137 cm³/mol. The number of anilines is 1. The molecule has 1 aromatic carbocycles. The minimum Gasteiger partial charge on any atom is -0.440 e. The number of benzene rings is 1. The van der Waals surface area contributed by atoms with E-state index in [4.69, 9.17) is 15.2 Å². The SMILES string of the molecule is Cc1cc2c(c(=O)n1CCCN1CCOCC1)C1(C(=O)N(CC3CC3)c3ccccc31)C(C#N)=C(N)O2. The van der Waals surface area contributed by atoms with Gasteiger partial charge in [-0.25, -0.2) is 0 Å². The van der Waals surface area contributed by atoms with Gasteiger partial charge in [-0.05, 0) is 38.2 Å². The molecule has 1 amide bonds. The van der Waals surface area contributed by atoms with Crippen LogP contribution >= 0.6 is 0 Å².